The lowest BCUT2D eigenvalue weighted by Gasteiger charge is -2.07. The van der Waals surface area contributed by atoms with E-state index in [0.29, 0.717) is 0 Å². The van der Waals surface area contributed by atoms with Crippen LogP contribution in [0.25, 0.3) is 0 Å². The van der Waals surface area contributed by atoms with Crippen molar-refractivity contribution in [3.8, 4) is 12.3 Å². The fourth-order valence-electron chi connectivity index (χ4n) is 1.33. The van der Waals surface area contributed by atoms with E-state index in [2.05, 4.69) is 18.8 Å². The first-order valence-corrected chi connectivity index (χ1v) is 4.19. The summed E-state index contributed by atoms with van der Waals surface area (Å²) in [5.74, 6) is 3.84. The van der Waals surface area contributed by atoms with E-state index in [9.17, 15) is 0 Å². The third kappa shape index (κ3) is 1.75. The van der Waals surface area contributed by atoms with E-state index >= 15 is 0 Å². The van der Waals surface area contributed by atoms with Gasteiger partial charge >= 0.3 is 0 Å². The van der Waals surface area contributed by atoms with Crippen LogP contribution in [-0.4, -0.2) is 0 Å². The van der Waals surface area contributed by atoms with Crippen molar-refractivity contribution in [2.24, 2.45) is 0 Å². The molecule has 2 rings (SSSR count). The van der Waals surface area contributed by atoms with Gasteiger partial charge in [0.15, 0.2) is 0 Å². The van der Waals surface area contributed by atoms with Gasteiger partial charge in [-0.25, -0.2) is 0 Å². The van der Waals surface area contributed by atoms with E-state index in [4.69, 9.17) is 6.42 Å². The van der Waals surface area contributed by atoms with Gasteiger partial charge in [0.25, 0.3) is 0 Å². The van der Waals surface area contributed by atoms with Crippen LogP contribution in [0.4, 0.5) is 0 Å². The Morgan fingerprint density at radius 2 is 1.54 bits per heavy atom. The fourth-order valence-corrected chi connectivity index (χ4v) is 1.33. The minimum Gasteiger partial charge on any atom is -0.115 e. The normalized spacial score (nSPS) is 17.2. The van der Waals surface area contributed by atoms with E-state index in [1.54, 1.807) is 0 Å². The molecule has 0 amide bonds. The minimum absolute atomic E-state index is 0.926. The van der Waals surface area contributed by atoms with Crippen molar-refractivity contribution in [3.63, 3.8) is 0 Å². The Hall–Kier alpha value is -1.22. The molecular weight excluding hydrogens is 156 g/mol. The van der Waals surface area contributed by atoms with Gasteiger partial charge in [0, 0.05) is 11.5 Å². The summed E-state index contributed by atoms with van der Waals surface area (Å²) >= 11 is 0. The van der Waals surface area contributed by atoms with Crippen LogP contribution in [0.3, 0.4) is 0 Å². The molecule has 0 aliphatic heterocycles. The van der Waals surface area contributed by atoms with Gasteiger partial charge in [-0.1, -0.05) is 18.1 Å². The van der Waals surface area contributed by atoms with Crippen molar-refractivity contribution in [2.45, 2.75) is 0 Å². The molecule has 0 bridgehead atoms. The zero-order valence-electron chi connectivity index (χ0n) is 7.20. The molecule has 61 valence electrons. The molecule has 0 saturated heterocycles. The van der Waals surface area contributed by atoms with Crippen molar-refractivity contribution >= 4 is 0 Å². The smallest absolute Gasteiger partial charge is 0.0242 e. The monoisotopic (exact) mass is 165 g/mol. The molecule has 0 atom stereocenters. The van der Waals surface area contributed by atoms with E-state index in [0.717, 1.165) is 5.56 Å². The van der Waals surface area contributed by atoms with Crippen molar-refractivity contribution in [2.75, 3.05) is 0 Å². The number of hydrogen-bond acceptors (Lipinski definition) is 0. The van der Waals surface area contributed by atoms with Gasteiger partial charge in [0.2, 0.25) is 0 Å². The van der Waals surface area contributed by atoms with Crippen LogP contribution in [0.5, 0.6) is 0 Å². The van der Waals surface area contributed by atoms with Crippen LogP contribution >= 0.6 is 0 Å². The predicted molar refractivity (Wildman–Crippen MR) is 53.9 cm³/mol. The van der Waals surface area contributed by atoms with Crippen LogP contribution in [0, 0.1) is 43.9 Å². The third-order valence-electron chi connectivity index (χ3n) is 2.05. The highest BCUT2D eigenvalue weighted by atomic mass is 14.2. The quantitative estimate of drug-likeness (QED) is 0.560. The molecule has 0 unspecified atom stereocenters. The number of benzene rings is 1. The average Bonchev–Trinajstić information content (AvgIpc) is 2.71. The molecule has 1 aliphatic carbocycles. The summed E-state index contributed by atoms with van der Waals surface area (Å²) in [5, 5.41) is 0. The first-order valence-electron chi connectivity index (χ1n) is 4.19. The van der Waals surface area contributed by atoms with Crippen LogP contribution in [0.15, 0.2) is 24.3 Å². The van der Waals surface area contributed by atoms with Gasteiger partial charge in [-0.15, -0.1) is 6.42 Å². The number of rotatable bonds is 1. The lowest BCUT2D eigenvalue weighted by Crippen LogP contribution is -1.93. The Kier molecular flexibility index (Phi) is 2.36. The number of terminal acetylenes is 1. The molecule has 0 aromatic heterocycles. The summed E-state index contributed by atoms with van der Waals surface area (Å²) in [6, 6.07) is 8.01. The number of hydrogen-bond donors (Lipinski definition) is 0. The summed E-state index contributed by atoms with van der Waals surface area (Å²) in [5.41, 5.74) is 2.14. The van der Waals surface area contributed by atoms with Crippen LogP contribution in [0.1, 0.15) is 11.1 Å². The first kappa shape index (κ1) is 8.38. The zero-order chi connectivity index (χ0) is 9.10. The molecule has 0 heteroatoms. The van der Waals surface area contributed by atoms with E-state index in [-0.39, 0.29) is 0 Å². The van der Waals surface area contributed by atoms with Gasteiger partial charge in [0.05, 0.1) is 0 Å². The molecule has 5 radical (unpaired) electrons. The van der Waals surface area contributed by atoms with Gasteiger partial charge in [-0.05, 0) is 43.4 Å². The van der Waals surface area contributed by atoms with Crippen molar-refractivity contribution < 1.29 is 0 Å². The lowest BCUT2D eigenvalue weighted by molar-refractivity contribution is 1.28. The molecule has 0 heterocycles. The first-order chi connectivity index (χ1) is 6.40. The average molecular weight is 165 g/mol. The van der Waals surface area contributed by atoms with Crippen molar-refractivity contribution in [3.05, 3.63) is 67.0 Å². The fraction of sp³-hybridized carbons (Fsp3) is 0. The van der Waals surface area contributed by atoms with Crippen molar-refractivity contribution in [1.82, 2.24) is 0 Å². The maximum Gasteiger partial charge on any atom is 0.0242 e. The predicted octanol–water partition coefficient (Wildman–Crippen LogP) is 2.42. The molecule has 1 fully saturated rings. The van der Waals surface area contributed by atoms with Gasteiger partial charge in [-0.2, -0.15) is 0 Å². The Morgan fingerprint density at radius 3 is 2.08 bits per heavy atom. The second-order valence-electron chi connectivity index (χ2n) is 2.90. The summed E-state index contributed by atoms with van der Waals surface area (Å²) < 4.78 is 0. The van der Waals surface area contributed by atoms with Crippen molar-refractivity contribution in [1.29, 1.82) is 0 Å². The summed E-state index contributed by atoms with van der Waals surface area (Å²) in [7, 11) is 0. The largest absolute Gasteiger partial charge is 0.115 e. The summed E-state index contributed by atoms with van der Waals surface area (Å²) in [6.07, 6.45) is 13.5. The van der Waals surface area contributed by atoms with Gasteiger partial charge in [-0.3, -0.25) is 0 Å². The second kappa shape index (κ2) is 3.66. The van der Waals surface area contributed by atoms with Gasteiger partial charge < -0.3 is 0 Å². The minimum atomic E-state index is 0.926. The molecule has 1 aromatic rings. The highest BCUT2D eigenvalue weighted by Gasteiger charge is 2.18. The summed E-state index contributed by atoms with van der Waals surface area (Å²) in [4.78, 5) is 0. The maximum absolute atomic E-state index is 5.27. The van der Waals surface area contributed by atoms with Crippen LogP contribution in [-0.2, 0) is 0 Å². The molecule has 0 N–H and O–H groups in total. The molecule has 0 nitrogen and oxygen atoms in total. The molecule has 1 saturated carbocycles. The highest BCUT2D eigenvalue weighted by Crippen LogP contribution is 2.29. The third-order valence-corrected chi connectivity index (χ3v) is 2.05. The topological polar surface area (TPSA) is 0 Å². The second-order valence-corrected chi connectivity index (χ2v) is 2.90. The van der Waals surface area contributed by atoms with E-state index < -0.39 is 0 Å². The zero-order valence-corrected chi connectivity index (χ0v) is 7.20. The molecule has 0 spiro atoms. The van der Waals surface area contributed by atoms with E-state index in [1.165, 1.54) is 11.5 Å². The molecule has 1 aliphatic rings. The SMILES string of the molecule is C#Cc1ccc([C]2[CH][CH][CH][CH]2)cc1. The van der Waals surface area contributed by atoms with Crippen LogP contribution < -0.4 is 0 Å². The molecule has 1 aromatic carbocycles. The lowest BCUT2D eigenvalue weighted by atomic mass is 9.97. The highest BCUT2D eigenvalue weighted by molar-refractivity contribution is 5.51. The Morgan fingerprint density at radius 1 is 0.923 bits per heavy atom. The standard InChI is InChI=1S/C13H9/c1-2-11-7-9-13(10-8-11)12-5-3-4-6-12/h1,3-10H. The Bertz CT molecular complexity index is 307. The Balaban J connectivity index is 2.18. The Labute approximate surface area is 80.0 Å². The molecule has 13 heavy (non-hydrogen) atoms. The van der Waals surface area contributed by atoms with Crippen LogP contribution in [0.2, 0.25) is 0 Å². The summed E-state index contributed by atoms with van der Waals surface area (Å²) in [6.45, 7) is 0. The van der Waals surface area contributed by atoms with E-state index in [1.807, 2.05) is 37.1 Å². The molecular formula is C13H9. The van der Waals surface area contributed by atoms with Gasteiger partial charge in [0.1, 0.15) is 0 Å². The maximum atomic E-state index is 5.27.